The number of amides is 1. The van der Waals surface area contributed by atoms with Gasteiger partial charge in [-0.15, -0.1) is 0 Å². The number of ketones is 3. The zero-order chi connectivity index (χ0) is 26.7. The van der Waals surface area contributed by atoms with Crippen molar-refractivity contribution in [1.82, 2.24) is 10.2 Å². The number of benzene rings is 1. The Morgan fingerprint density at radius 3 is 2.44 bits per heavy atom. The van der Waals surface area contributed by atoms with Crippen molar-refractivity contribution < 1.29 is 29.4 Å². The molecule has 1 amide bonds. The average Bonchev–Trinajstić information content (AvgIpc) is 2.80. The van der Waals surface area contributed by atoms with Crippen LogP contribution in [-0.4, -0.2) is 76.7 Å². The molecule has 2 unspecified atom stereocenters. The summed E-state index contributed by atoms with van der Waals surface area (Å²) in [5.74, 6) is -7.49. The molecule has 2 saturated carbocycles. The minimum atomic E-state index is -2.19. The first kappa shape index (κ1) is 26.4. The van der Waals surface area contributed by atoms with Gasteiger partial charge in [0.2, 0.25) is 5.91 Å². The molecular weight excluding hydrogens is 462 g/mol. The summed E-state index contributed by atoms with van der Waals surface area (Å²) in [5, 5.41) is 26.0. The molecule has 1 aromatic rings. The summed E-state index contributed by atoms with van der Waals surface area (Å²) in [6.45, 7) is 6.12. The van der Waals surface area contributed by atoms with Gasteiger partial charge in [-0.1, -0.05) is 39.3 Å². The van der Waals surface area contributed by atoms with Crippen LogP contribution in [0.3, 0.4) is 0 Å². The minimum Gasteiger partial charge on any atom is -0.507 e. The molecule has 36 heavy (non-hydrogen) atoms. The van der Waals surface area contributed by atoms with Crippen molar-refractivity contribution in [1.29, 1.82) is 0 Å². The third kappa shape index (κ3) is 3.55. The maximum atomic E-state index is 14.4. The maximum Gasteiger partial charge on any atom is 0.229 e. The standard InChI is InChI=1S/C27H37N3O6/c1-6-7-11-29-24-19(26(28)35)23(33)21(30(4)5)20-13(3)16-12(2)14-9-8-10-15(31)17(14)22(32)18(16)25(34)27(20,24)36/h8-10,12-13,16,18-21,24,29,31,36H,6-7,11H2,1-5H3,(H2,28,35)/t12-,13-,16-,18?,19?,20-,21-,24-,27+/m0/s1. The second-order valence-corrected chi connectivity index (χ2v) is 11.0. The summed E-state index contributed by atoms with van der Waals surface area (Å²) >= 11 is 0. The number of aliphatic hydroxyl groups is 1. The summed E-state index contributed by atoms with van der Waals surface area (Å²) < 4.78 is 0. The van der Waals surface area contributed by atoms with Crippen LogP contribution < -0.4 is 11.1 Å². The monoisotopic (exact) mass is 499 g/mol. The number of phenols is 1. The number of nitrogens with zero attached hydrogens (tertiary/aromatic N) is 1. The van der Waals surface area contributed by atoms with Crippen molar-refractivity contribution in [3.8, 4) is 5.75 Å². The Kier molecular flexibility index (Phi) is 6.87. The zero-order valence-corrected chi connectivity index (χ0v) is 21.5. The number of carbonyl (C=O) groups excluding carboxylic acids is 4. The fourth-order valence-electron chi connectivity index (χ4n) is 7.39. The molecule has 0 bridgehead atoms. The Morgan fingerprint density at radius 2 is 1.86 bits per heavy atom. The van der Waals surface area contributed by atoms with E-state index in [0.717, 1.165) is 6.42 Å². The largest absolute Gasteiger partial charge is 0.507 e. The lowest BCUT2D eigenvalue weighted by atomic mass is 9.46. The number of hydrogen-bond donors (Lipinski definition) is 4. The van der Waals surface area contributed by atoms with Gasteiger partial charge in [0.25, 0.3) is 0 Å². The number of nitrogens with one attached hydrogen (secondary N) is 1. The molecule has 0 aliphatic heterocycles. The van der Waals surface area contributed by atoms with E-state index in [9.17, 15) is 29.4 Å². The molecule has 9 atom stereocenters. The lowest BCUT2D eigenvalue weighted by Gasteiger charge is -2.60. The Bertz CT molecular complexity index is 1100. The van der Waals surface area contributed by atoms with Gasteiger partial charge in [0.15, 0.2) is 17.3 Å². The van der Waals surface area contributed by atoms with Crippen LogP contribution in [-0.2, 0) is 14.4 Å². The fourth-order valence-corrected chi connectivity index (χ4v) is 7.39. The summed E-state index contributed by atoms with van der Waals surface area (Å²) in [6.07, 6.45) is 1.51. The molecule has 9 heteroatoms. The highest BCUT2D eigenvalue weighted by atomic mass is 16.3. The van der Waals surface area contributed by atoms with E-state index < -0.39 is 70.5 Å². The van der Waals surface area contributed by atoms with Crippen LogP contribution >= 0.6 is 0 Å². The predicted molar refractivity (Wildman–Crippen MR) is 132 cm³/mol. The van der Waals surface area contributed by atoms with Gasteiger partial charge in [-0.25, -0.2) is 0 Å². The molecule has 3 aliphatic carbocycles. The number of rotatable bonds is 6. The lowest BCUT2D eigenvalue weighted by Crippen LogP contribution is -2.80. The second kappa shape index (κ2) is 9.36. The number of fused-ring (bicyclic) bond motifs is 3. The average molecular weight is 500 g/mol. The maximum absolute atomic E-state index is 14.4. The predicted octanol–water partition coefficient (Wildman–Crippen LogP) is 0.863. The summed E-state index contributed by atoms with van der Waals surface area (Å²) in [4.78, 5) is 56.1. The van der Waals surface area contributed by atoms with Gasteiger partial charge >= 0.3 is 0 Å². The number of phenolic OH excluding ortho intramolecular Hbond substituents is 1. The topological polar surface area (TPSA) is 150 Å². The van der Waals surface area contributed by atoms with E-state index in [1.54, 1.807) is 31.1 Å². The fraction of sp³-hybridized carbons (Fsp3) is 0.630. The number of Topliss-reactive ketones (excluding diaryl/α,β-unsaturated/α-hetero) is 3. The number of primary amides is 1. The molecule has 196 valence electrons. The molecule has 0 spiro atoms. The smallest absolute Gasteiger partial charge is 0.229 e. The van der Waals surface area contributed by atoms with Crippen LogP contribution in [0.25, 0.3) is 0 Å². The zero-order valence-electron chi connectivity index (χ0n) is 21.5. The highest BCUT2D eigenvalue weighted by Crippen LogP contribution is 2.57. The SMILES string of the molecule is CCCCN[C@H]1C(C(N)=O)C(=O)[C@@H](N(C)C)[C@@H]2[C@@H](C)[C@H]3C(C(=O)c4c(O)cccc4[C@@H]3C)C(=O)[C@@]21O. The number of carbonyl (C=O) groups is 4. The van der Waals surface area contributed by atoms with E-state index in [-0.39, 0.29) is 17.2 Å². The first-order valence-corrected chi connectivity index (χ1v) is 12.8. The van der Waals surface area contributed by atoms with Crippen molar-refractivity contribution >= 4 is 23.3 Å². The van der Waals surface area contributed by atoms with E-state index in [4.69, 9.17) is 5.73 Å². The first-order valence-electron chi connectivity index (χ1n) is 12.8. The third-order valence-electron chi connectivity index (χ3n) is 8.92. The number of nitrogens with two attached hydrogens (primary N) is 1. The summed E-state index contributed by atoms with van der Waals surface area (Å²) in [7, 11) is 3.36. The van der Waals surface area contributed by atoms with E-state index in [1.807, 2.05) is 20.8 Å². The summed E-state index contributed by atoms with van der Waals surface area (Å²) in [5.41, 5.74) is 4.27. The highest BCUT2D eigenvalue weighted by Gasteiger charge is 2.71. The van der Waals surface area contributed by atoms with E-state index in [1.165, 1.54) is 6.07 Å². The molecule has 3 aliphatic rings. The first-order chi connectivity index (χ1) is 16.9. The van der Waals surface area contributed by atoms with Crippen molar-refractivity contribution in [2.45, 2.75) is 57.2 Å². The Balaban J connectivity index is 1.94. The molecule has 5 N–H and O–H groups in total. The molecule has 0 aromatic heterocycles. The quantitative estimate of drug-likeness (QED) is 0.333. The molecule has 2 fully saturated rings. The second-order valence-electron chi connectivity index (χ2n) is 11.0. The van der Waals surface area contributed by atoms with Crippen LogP contribution in [0.15, 0.2) is 18.2 Å². The number of hydrogen-bond acceptors (Lipinski definition) is 8. The van der Waals surface area contributed by atoms with Crippen molar-refractivity contribution in [3.63, 3.8) is 0 Å². The van der Waals surface area contributed by atoms with E-state index >= 15 is 0 Å². The molecule has 1 aromatic carbocycles. The van der Waals surface area contributed by atoms with Crippen LogP contribution in [0.4, 0.5) is 0 Å². The van der Waals surface area contributed by atoms with Gasteiger partial charge < -0.3 is 21.3 Å². The van der Waals surface area contributed by atoms with E-state index in [0.29, 0.717) is 18.5 Å². The number of aromatic hydroxyl groups is 1. The van der Waals surface area contributed by atoms with Gasteiger partial charge in [-0.3, -0.25) is 24.1 Å². The van der Waals surface area contributed by atoms with Crippen LogP contribution in [0.1, 0.15) is 55.5 Å². The lowest BCUT2D eigenvalue weighted by molar-refractivity contribution is -0.192. The Hall–Kier alpha value is -2.62. The van der Waals surface area contributed by atoms with Gasteiger partial charge in [0.05, 0.1) is 23.6 Å². The number of likely N-dealkylation sites (N-methyl/N-ethyl adjacent to an activating group) is 1. The molecule has 0 heterocycles. The van der Waals surface area contributed by atoms with Gasteiger partial charge in [0.1, 0.15) is 17.3 Å². The van der Waals surface area contributed by atoms with Crippen LogP contribution in [0, 0.1) is 29.6 Å². The van der Waals surface area contributed by atoms with Crippen molar-refractivity contribution in [3.05, 3.63) is 29.3 Å². The highest BCUT2D eigenvalue weighted by molar-refractivity contribution is 6.18. The van der Waals surface area contributed by atoms with E-state index in [2.05, 4.69) is 5.32 Å². The minimum absolute atomic E-state index is 0.104. The van der Waals surface area contributed by atoms with Crippen molar-refractivity contribution in [2.75, 3.05) is 20.6 Å². The van der Waals surface area contributed by atoms with Gasteiger partial charge in [0, 0.05) is 5.92 Å². The molecule has 4 rings (SSSR count). The molecular formula is C27H37N3O6. The van der Waals surface area contributed by atoms with Crippen LogP contribution in [0.5, 0.6) is 5.75 Å². The Labute approximate surface area is 211 Å². The summed E-state index contributed by atoms with van der Waals surface area (Å²) in [6, 6.07) is 2.67. The van der Waals surface area contributed by atoms with Gasteiger partial charge in [-0.2, -0.15) is 0 Å². The van der Waals surface area contributed by atoms with Crippen LogP contribution in [0.2, 0.25) is 0 Å². The Morgan fingerprint density at radius 1 is 1.19 bits per heavy atom. The molecule has 0 radical (unpaired) electrons. The van der Waals surface area contributed by atoms with Crippen molar-refractivity contribution in [2.24, 2.45) is 35.3 Å². The van der Waals surface area contributed by atoms with Gasteiger partial charge in [-0.05, 0) is 56.4 Å². The number of unbranched alkanes of at least 4 members (excludes halogenated alkanes) is 1. The molecule has 9 nitrogen and oxygen atoms in total. The third-order valence-corrected chi connectivity index (χ3v) is 8.92. The normalized spacial score (nSPS) is 37.9. The molecule has 0 saturated heterocycles.